The van der Waals surface area contributed by atoms with Crippen molar-refractivity contribution in [2.75, 3.05) is 13.1 Å². The molecule has 3 N–H and O–H groups in total. The van der Waals surface area contributed by atoms with Crippen LogP contribution >= 0.6 is 11.3 Å². The van der Waals surface area contributed by atoms with Gasteiger partial charge in [0.25, 0.3) is 5.91 Å². The van der Waals surface area contributed by atoms with E-state index in [1.807, 2.05) is 22.9 Å². The van der Waals surface area contributed by atoms with E-state index in [1.54, 1.807) is 0 Å². The minimum Gasteiger partial charge on any atom is -0.391 e. The molecule has 1 saturated heterocycles. The fourth-order valence-corrected chi connectivity index (χ4v) is 4.62. The van der Waals surface area contributed by atoms with Crippen molar-refractivity contribution in [1.29, 1.82) is 0 Å². The zero-order chi connectivity index (χ0) is 15.3. The second kappa shape index (κ2) is 5.33. The van der Waals surface area contributed by atoms with E-state index in [4.69, 9.17) is 0 Å². The number of imidazole rings is 1. The average Bonchev–Trinajstić information content (AvgIpc) is 3.14. The molecule has 0 radical (unpaired) electrons. The highest BCUT2D eigenvalue weighted by Gasteiger charge is 2.39. The largest absolute Gasteiger partial charge is 0.391 e. The highest BCUT2D eigenvalue weighted by atomic mass is 32.1. The molecule has 3 heterocycles. The molecule has 1 aliphatic heterocycles. The van der Waals surface area contributed by atoms with Crippen LogP contribution in [0.25, 0.3) is 4.96 Å². The van der Waals surface area contributed by atoms with Crippen LogP contribution in [0.3, 0.4) is 0 Å². The summed E-state index contributed by atoms with van der Waals surface area (Å²) in [5, 5.41) is 18.7. The molecule has 22 heavy (non-hydrogen) atoms. The van der Waals surface area contributed by atoms with Crippen molar-refractivity contribution in [1.82, 2.24) is 20.0 Å². The van der Waals surface area contributed by atoms with Gasteiger partial charge in [0.2, 0.25) is 0 Å². The molecule has 0 bridgehead atoms. The number of amides is 1. The molecular formula is C15H20N4O2S. The molecule has 118 valence electrons. The van der Waals surface area contributed by atoms with Crippen molar-refractivity contribution in [3.05, 3.63) is 23.0 Å². The van der Waals surface area contributed by atoms with Crippen LogP contribution < -0.4 is 10.6 Å². The molecule has 2 fully saturated rings. The number of carbonyl (C=O) groups excluding carboxylic acids is 1. The van der Waals surface area contributed by atoms with E-state index in [0.717, 1.165) is 36.6 Å². The van der Waals surface area contributed by atoms with Crippen LogP contribution in [0.2, 0.25) is 0 Å². The lowest BCUT2D eigenvalue weighted by atomic mass is 9.77. The summed E-state index contributed by atoms with van der Waals surface area (Å²) in [6.07, 6.45) is 3.01. The third kappa shape index (κ3) is 2.24. The number of aliphatic hydroxyl groups excluding tert-OH is 1. The van der Waals surface area contributed by atoms with Gasteiger partial charge in [0.15, 0.2) is 4.96 Å². The third-order valence-corrected chi connectivity index (χ3v) is 5.77. The van der Waals surface area contributed by atoms with Gasteiger partial charge in [0.05, 0.1) is 17.8 Å². The van der Waals surface area contributed by atoms with Gasteiger partial charge in [-0.15, -0.1) is 11.3 Å². The molecule has 1 amide bonds. The maximum absolute atomic E-state index is 12.7. The zero-order valence-electron chi connectivity index (χ0n) is 12.5. The number of aryl methyl sites for hydroxylation is 1. The minimum absolute atomic E-state index is 0.142. The van der Waals surface area contributed by atoms with Crippen LogP contribution in [-0.4, -0.2) is 45.6 Å². The molecule has 6 nitrogen and oxygen atoms in total. The van der Waals surface area contributed by atoms with Crippen molar-refractivity contribution in [3.63, 3.8) is 0 Å². The monoisotopic (exact) mass is 320 g/mol. The van der Waals surface area contributed by atoms with Crippen LogP contribution in [0.5, 0.6) is 0 Å². The van der Waals surface area contributed by atoms with Gasteiger partial charge >= 0.3 is 0 Å². The number of thiazole rings is 1. The molecule has 4 rings (SSSR count). The van der Waals surface area contributed by atoms with E-state index in [0.29, 0.717) is 17.5 Å². The van der Waals surface area contributed by atoms with E-state index < -0.39 is 6.10 Å². The standard InChI is InChI=1S/C15H20N4O2S/c1-8-13(19-2-3-22-15(19)17-8)14(21)18-11-4-9-6-16-7-10(9)5-12(11)20/h2-3,9-12,16,20H,4-7H2,1H3,(H,18,21)/t9-,10+,11-,12-/m0/s1. The second-order valence-electron chi connectivity index (χ2n) is 6.40. The summed E-state index contributed by atoms with van der Waals surface area (Å²) in [4.78, 5) is 17.9. The van der Waals surface area contributed by atoms with Crippen molar-refractivity contribution >= 4 is 22.2 Å². The number of aliphatic hydroxyl groups is 1. The van der Waals surface area contributed by atoms with E-state index in [1.165, 1.54) is 11.3 Å². The SMILES string of the molecule is Cc1nc2sccn2c1C(=O)N[C@H]1C[C@H]2CNC[C@H]2C[C@@H]1O. The fourth-order valence-electron chi connectivity index (χ4n) is 3.86. The van der Waals surface area contributed by atoms with E-state index in [-0.39, 0.29) is 11.9 Å². The maximum Gasteiger partial charge on any atom is 0.270 e. The Morgan fingerprint density at radius 1 is 1.45 bits per heavy atom. The number of nitrogens with one attached hydrogen (secondary N) is 2. The Labute approximate surface area is 132 Å². The molecule has 1 aliphatic carbocycles. The molecule has 0 unspecified atom stereocenters. The summed E-state index contributed by atoms with van der Waals surface area (Å²) < 4.78 is 1.82. The third-order valence-electron chi connectivity index (χ3n) is 5.01. The average molecular weight is 320 g/mol. The summed E-state index contributed by atoms with van der Waals surface area (Å²) in [6.45, 7) is 3.83. The quantitative estimate of drug-likeness (QED) is 0.764. The first kappa shape index (κ1) is 14.2. The number of carbonyl (C=O) groups is 1. The predicted octanol–water partition coefficient (Wildman–Crippen LogP) is 0.793. The highest BCUT2D eigenvalue weighted by molar-refractivity contribution is 7.15. The van der Waals surface area contributed by atoms with Crippen LogP contribution in [-0.2, 0) is 0 Å². The molecule has 4 atom stereocenters. The van der Waals surface area contributed by atoms with Gasteiger partial charge in [-0.3, -0.25) is 9.20 Å². The minimum atomic E-state index is -0.462. The van der Waals surface area contributed by atoms with Crippen molar-refractivity contribution < 1.29 is 9.90 Å². The van der Waals surface area contributed by atoms with E-state index in [2.05, 4.69) is 15.6 Å². The number of aromatic nitrogens is 2. The Kier molecular flexibility index (Phi) is 3.43. The second-order valence-corrected chi connectivity index (χ2v) is 7.27. The van der Waals surface area contributed by atoms with Gasteiger partial charge in [-0.2, -0.15) is 0 Å². The number of nitrogens with zero attached hydrogens (tertiary/aromatic N) is 2. The van der Waals surface area contributed by atoms with Gasteiger partial charge in [0, 0.05) is 11.6 Å². The molecule has 2 aromatic heterocycles. The summed E-state index contributed by atoms with van der Waals surface area (Å²) in [7, 11) is 0. The Morgan fingerprint density at radius 2 is 2.23 bits per heavy atom. The molecular weight excluding hydrogens is 300 g/mol. The zero-order valence-corrected chi connectivity index (χ0v) is 13.3. The molecule has 7 heteroatoms. The first-order valence-corrected chi connectivity index (χ1v) is 8.63. The van der Waals surface area contributed by atoms with Crippen LogP contribution in [0, 0.1) is 18.8 Å². The number of hydrogen-bond donors (Lipinski definition) is 3. The van der Waals surface area contributed by atoms with Gasteiger partial charge in [-0.25, -0.2) is 4.98 Å². The first-order chi connectivity index (χ1) is 10.6. The number of hydrogen-bond acceptors (Lipinski definition) is 5. The Balaban J connectivity index is 1.54. The van der Waals surface area contributed by atoms with Crippen molar-refractivity contribution in [3.8, 4) is 0 Å². The first-order valence-electron chi connectivity index (χ1n) is 7.75. The number of rotatable bonds is 2. The lowest BCUT2D eigenvalue weighted by Crippen LogP contribution is -2.49. The lowest BCUT2D eigenvalue weighted by molar-refractivity contribution is 0.0459. The van der Waals surface area contributed by atoms with Gasteiger partial charge in [-0.05, 0) is 44.7 Å². The van der Waals surface area contributed by atoms with E-state index in [9.17, 15) is 9.90 Å². The Bertz CT molecular complexity index is 710. The summed E-state index contributed by atoms with van der Waals surface area (Å²) in [6, 6.07) is -0.169. The molecule has 1 saturated carbocycles. The normalized spacial score (nSPS) is 31.4. The number of fused-ring (bicyclic) bond motifs is 2. The molecule has 2 aromatic rings. The summed E-state index contributed by atoms with van der Waals surface area (Å²) in [5.74, 6) is 0.960. The summed E-state index contributed by atoms with van der Waals surface area (Å²) >= 11 is 1.51. The van der Waals surface area contributed by atoms with Crippen LogP contribution in [0.1, 0.15) is 29.0 Å². The van der Waals surface area contributed by atoms with Gasteiger partial charge in [-0.1, -0.05) is 0 Å². The van der Waals surface area contributed by atoms with Crippen molar-refractivity contribution in [2.24, 2.45) is 11.8 Å². The lowest BCUT2D eigenvalue weighted by Gasteiger charge is -2.35. The smallest absolute Gasteiger partial charge is 0.270 e. The van der Waals surface area contributed by atoms with Crippen LogP contribution in [0.4, 0.5) is 0 Å². The Morgan fingerprint density at radius 3 is 3.05 bits per heavy atom. The highest BCUT2D eigenvalue weighted by Crippen LogP contribution is 2.33. The predicted molar refractivity (Wildman–Crippen MR) is 84.2 cm³/mol. The van der Waals surface area contributed by atoms with Gasteiger partial charge < -0.3 is 15.7 Å². The maximum atomic E-state index is 12.7. The Hall–Kier alpha value is -1.44. The molecule has 0 aromatic carbocycles. The van der Waals surface area contributed by atoms with Crippen molar-refractivity contribution in [2.45, 2.75) is 31.9 Å². The molecule has 2 aliphatic rings. The van der Waals surface area contributed by atoms with Gasteiger partial charge in [0.1, 0.15) is 5.69 Å². The summed E-state index contributed by atoms with van der Waals surface area (Å²) in [5.41, 5.74) is 1.31. The van der Waals surface area contributed by atoms with E-state index >= 15 is 0 Å². The topological polar surface area (TPSA) is 78.7 Å². The van der Waals surface area contributed by atoms with Crippen LogP contribution in [0.15, 0.2) is 11.6 Å². The molecule has 0 spiro atoms. The fraction of sp³-hybridized carbons (Fsp3) is 0.600.